The van der Waals surface area contributed by atoms with Crippen molar-refractivity contribution in [2.75, 3.05) is 20.3 Å². The molecule has 57 heavy (non-hydrogen) atoms. The minimum absolute atomic E-state index is 0. The van der Waals surface area contributed by atoms with Crippen LogP contribution in [-0.2, 0) is 27.1 Å². The molecule has 8 nitrogen and oxygen atoms in total. The van der Waals surface area contributed by atoms with Gasteiger partial charge in [0, 0.05) is 64.2 Å². The lowest BCUT2D eigenvalue weighted by molar-refractivity contribution is -0.696. The highest BCUT2D eigenvalue weighted by Crippen LogP contribution is 2.11. The van der Waals surface area contributed by atoms with E-state index in [0.717, 1.165) is 13.1 Å². The minimum Gasteiger partial charge on any atom is -0.418 e. The molecule has 0 spiro atoms. The van der Waals surface area contributed by atoms with Crippen molar-refractivity contribution in [3.8, 4) is 0 Å². The number of nitrogens with zero attached hydrogens (tertiary/aromatic N) is 7. The zero-order valence-corrected chi connectivity index (χ0v) is 40.2. The third-order valence-electron chi connectivity index (χ3n) is 8.91. The van der Waals surface area contributed by atoms with Crippen LogP contribution in [0.4, 0.5) is 17.3 Å². The van der Waals surface area contributed by atoms with Crippen molar-refractivity contribution in [1.29, 1.82) is 0 Å². The summed E-state index contributed by atoms with van der Waals surface area (Å²) in [5.74, 6) is 1.23. The molecule has 0 amide bonds. The number of nitrogens with one attached hydrogen (secondary N) is 1. The third kappa shape index (κ3) is 45.0. The Balaban J connectivity index is -0.000000323. The second kappa shape index (κ2) is 43.6. The Labute approximate surface area is 374 Å². The minimum atomic E-state index is -6.00. The van der Waals surface area contributed by atoms with Gasteiger partial charge in [-0.05, 0) is 25.7 Å². The first kappa shape index (κ1) is 61.7. The van der Waals surface area contributed by atoms with Crippen molar-refractivity contribution < 1.29 is 21.8 Å². The summed E-state index contributed by atoms with van der Waals surface area (Å²) in [7, 11) is 0.264. The van der Waals surface area contributed by atoms with E-state index in [9.17, 15) is 17.3 Å². The van der Waals surface area contributed by atoms with E-state index in [2.05, 4.69) is 111 Å². The molecular weight excluding hydrogens is 889 g/mol. The maximum atomic E-state index is 9.75. The molecule has 0 aromatic carbocycles. The van der Waals surface area contributed by atoms with E-state index in [1.165, 1.54) is 147 Å². The SMILES string of the molecule is CCCCCCCCCC[n+]1ccn(C)c1.CCCCCCCCCCc1nccn1C.CCCCCCN1C=CN(C)C1.Cl.Cl.F[B-](F)(F)F.I.c1c[nH]cn1. The molecule has 16 heteroatoms. The van der Waals surface area contributed by atoms with E-state index in [-0.39, 0.29) is 48.8 Å². The van der Waals surface area contributed by atoms with E-state index < -0.39 is 7.25 Å². The second-order valence-electron chi connectivity index (χ2n) is 14.3. The van der Waals surface area contributed by atoms with Crippen LogP contribution in [-0.4, -0.2) is 61.4 Å². The van der Waals surface area contributed by atoms with Gasteiger partial charge in [-0.1, -0.05) is 124 Å². The highest BCUT2D eigenvalue weighted by molar-refractivity contribution is 14.0. The van der Waals surface area contributed by atoms with Gasteiger partial charge < -0.3 is 36.6 Å². The Morgan fingerprint density at radius 2 is 1.19 bits per heavy atom. The number of aromatic amines is 1. The summed E-state index contributed by atoms with van der Waals surface area (Å²) in [6.07, 6.45) is 48.6. The van der Waals surface area contributed by atoms with Crippen molar-refractivity contribution in [2.24, 2.45) is 14.1 Å². The van der Waals surface area contributed by atoms with E-state index in [1.54, 1.807) is 18.7 Å². The average molecular weight is 970 g/mol. The molecule has 0 unspecified atom stereocenters. The summed E-state index contributed by atoms with van der Waals surface area (Å²) >= 11 is 0. The van der Waals surface area contributed by atoms with Gasteiger partial charge in [-0.25, -0.2) is 19.1 Å². The maximum Gasteiger partial charge on any atom is 0.673 e. The topological polar surface area (TPSA) is 61.8 Å². The number of hydrogen-bond donors (Lipinski definition) is 1. The largest absolute Gasteiger partial charge is 0.673 e. The lowest BCUT2D eigenvalue weighted by Gasteiger charge is -2.17. The normalized spacial score (nSPS) is 11.3. The van der Waals surface area contributed by atoms with Crippen molar-refractivity contribution in [1.82, 2.24) is 33.9 Å². The monoisotopic (exact) mass is 968 g/mol. The Morgan fingerprint density at radius 1 is 0.684 bits per heavy atom. The fraction of sp³-hybridized carbons (Fsp3) is 0.732. The Morgan fingerprint density at radius 3 is 1.58 bits per heavy atom. The maximum absolute atomic E-state index is 9.75. The van der Waals surface area contributed by atoms with Gasteiger partial charge in [0.2, 0.25) is 6.33 Å². The first-order chi connectivity index (χ1) is 26.0. The van der Waals surface area contributed by atoms with Crippen LogP contribution < -0.4 is 4.57 Å². The number of rotatable bonds is 23. The Hall–Kier alpha value is -1.94. The molecular formula is C41H80BCl2F4IN8. The van der Waals surface area contributed by atoms with Gasteiger partial charge in [0.15, 0.2) is 0 Å². The summed E-state index contributed by atoms with van der Waals surface area (Å²) in [5.41, 5.74) is 0. The molecule has 0 radical (unpaired) electrons. The lowest BCUT2D eigenvalue weighted by Crippen LogP contribution is -2.30. The first-order valence-electron chi connectivity index (χ1n) is 20.9. The molecule has 0 bridgehead atoms. The van der Waals surface area contributed by atoms with E-state index in [0.29, 0.717) is 0 Å². The first-order valence-corrected chi connectivity index (χ1v) is 20.9. The quantitative estimate of drug-likeness (QED) is 0.0338. The summed E-state index contributed by atoms with van der Waals surface area (Å²) in [4.78, 5) is 15.3. The zero-order chi connectivity index (χ0) is 40.1. The Bertz CT molecular complexity index is 1200. The van der Waals surface area contributed by atoms with Gasteiger partial charge in [0.1, 0.15) is 18.2 Å². The van der Waals surface area contributed by atoms with Crippen LogP contribution in [0, 0.1) is 0 Å². The number of halogens is 7. The van der Waals surface area contributed by atoms with Gasteiger partial charge in [-0.3, -0.25) is 0 Å². The molecule has 4 heterocycles. The number of H-pyrrole nitrogens is 1. The van der Waals surface area contributed by atoms with Crippen LogP contribution in [0.3, 0.4) is 0 Å². The van der Waals surface area contributed by atoms with Crippen molar-refractivity contribution in [2.45, 2.75) is 162 Å². The molecule has 3 aromatic rings. The molecule has 0 saturated carbocycles. The van der Waals surface area contributed by atoms with Gasteiger partial charge in [0.25, 0.3) is 0 Å². The van der Waals surface area contributed by atoms with Crippen molar-refractivity contribution in [3.63, 3.8) is 0 Å². The van der Waals surface area contributed by atoms with Gasteiger partial charge >= 0.3 is 7.25 Å². The van der Waals surface area contributed by atoms with Crippen LogP contribution in [0.5, 0.6) is 0 Å². The van der Waals surface area contributed by atoms with E-state index in [1.807, 2.05) is 12.4 Å². The molecule has 4 rings (SSSR count). The molecule has 336 valence electrons. The number of imidazole rings is 3. The number of unbranched alkanes of at least 4 members (excludes halogenated alkanes) is 17. The van der Waals surface area contributed by atoms with Crippen LogP contribution in [0.15, 0.2) is 62.2 Å². The molecule has 1 aliphatic rings. The van der Waals surface area contributed by atoms with E-state index in [4.69, 9.17) is 0 Å². The van der Waals surface area contributed by atoms with Crippen molar-refractivity contribution in [3.05, 3.63) is 68.1 Å². The molecule has 0 atom stereocenters. The zero-order valence-electron chi connectivity index (χ0n) is 36.2. The van der Waals surface area contributed by atoms with E-state index >= 15 is 0 Å². The molecule has 1 N–H and O–H groups in total. The van der Waals surface area contributed by atoms with Gasteiger partial charge in [-0.15, -0.1) is 48.8 Å². The fourth-order valence-corrected chi connectivity index (χ4v) is 5.81. The number of hydrogen-bond acceptors (Lipinski definition) is 4. The Kier molecular flexibility index (Phi) is 47.3. The number of aryl methyl sites for hydroxylation is 4. The highest BCUT2D eigenvalue weighted by atomic mass is 127. The summed E-state index contributed by atoms with van der Waals surface area (Å²) in [6, 6.07) is 0. The smallest absolute Gasteiger partial charge is 0.418 e. The van der Waals surface area contributed by atoms with Gasteiger partial charge in [0.05, 0.1) is 26.6 Å². The summed E-state index contributed by atoms with van der Waals surface area (Å²) in [6.45, 7) is 10.3. The van der Waals surface area contributed by atoms with Crippen molar-refractivity contribution >= 4 is 56.0 Å². The number of aromatic nitrogens is 6. The molecule has 0 saturated heterocycles. The fourth-order valence-electron chi connectivity index (χ4n) is 5.81. The molecule has 1 aliphatic heterocycles. The molecule has 0 fully saturated rings. The second-order valence-corrected chi connectivity index (χ2v) is 14.3. The van der Waals surface area contributed by atoms with Gasteiger partial charge in [-0.2, -0.15) is 0 Å². The average Bonchev–Trinajstić information content (AvgIpc) is 3.97. The summed E-state index contributed by atoms with van der Waals surface area (Å²) < 4.78 is 45.5. The van der Waals surface area contributed by atoms with Crippen LogP contribution >= 0.6 is 48.8 Å². The highest BCUT2D eigenvalue weighted by Gasteiger charge is 2.20. The predicted octanol–water partition coefficient (Wildman–Crippen LogP) is 13.0. The third-order valence-corrected chi connectivity index (χ3v) is 8.91. The molecule has 0 aliphatic carbocycles. The van der Waals surface area contributed by atoms with Crippen LogP contribution in [0.25, 0.3) is 0 Å². The van der Waals surface area contributed by atoms with Crippen LogP contribution in [0.2, 0.25) is 0 Å². The standard InChI is InChI=1S/C14H27N2.C14H26N2.C10H20N2.C3H4N2.BF4.2ClH.HI/c1-3-4-5-6-7-8-9-10-11-16-13-12-15(2)14-16;1-3-4-5-6-7-8-9-10-11-14-15-12-13-16(14)2;1-3-4-5-6-7-12-9-8-11(2)10-12;1-2-5-3-4-1;2-1(3,4)5;;;/h12-14H,3-11H2,1-2H3;12-13H,3-11H2,1-2H3;8-9H,3-7,10H2,1-2H3;1-3H,(H,4,5);;3*1H/q+1;;;;-1;;;. The predicted molar refractivity (Wildman–Crippen MR) is 249 cm³/mol. The molecule has 3 aromatic heterocycles. The summed E-state index contributed by atoms with van der Waals surface area (Å²) in [5, 5.41) is 0. The van der Waals surface area contributed by atoms with Crippen LogP contribution in [0.1, 0.15) is 155 Å². The lowest BCUT2D eigenvalue weighted by atomic mass is 10.1.